The Hall–Kier alpha value is -2.31. The van der Waals surface area contributed by atoms with Gasteiger partial charge >= 0.3 is 6.18 Å². The summed E-state index contributed by atoms with van der Waals surface area (Å²) >= 11 is 0. The van der Waals surface area contributed by atoms with E-state index < -0.39 is 11.7 Å². The largest absolute Gasteiger partial charge is 0.416 e. The maximum Gasteiger partial charge on any atom is 0.416 e. The number of nitrogens with one attached hydrogen (secondary N) is 1. The van der Waals surface area contributed by atoms with Gasteiger partial charge in [-0.15, -0.1) is 0 Å². The molecule has 1 N–H and O–H groups in total. The predicted octanol–water partition coefficient (Wildman–Crippen LogP) is 2.37. The normalized spacial score (nSPS) is 11.4. The molecule has 0 aliphatic carbocycles. The Kier molecular flexibility index (Phi) is 3.78. The third-order valence-corrected chi connectivity index (χ3v) is 2.70. The molecule has 2 rings (SSSR count). The number of alkyl halides is 3. The Morgan fingerprint density at radius 1 is 1.30 bits per heavy atom. The highest BCUT2D eigenvalue weighted by Gasteiger charge is 2.29. The molecule has 1 heterocycles. The van der Waals surface area contributed by atoms with Gasteiger partial charge in [-0.2, -0.15) is 18.3 Å². The quantitative estimate of drug-likeness (QED) is 0.940. The Morgan fingerprint density at radius 3 is 2.45 bits per heavy atom. The Morgan fingerprint density at radius 2 is 1.95 bits per heavy atom. The lowest BCUT2D eigenvalue weighted by molar-refractivity contribution is -0.137. The third-order valence-electron chi connectivity index (χ3n) is 2.70. The van der Waals surface area contributed by atoms with Gasteiger partial charge in [0.05, 0.1) is 17.3 Å². The summed E-state index contributed by atoms with van der Waals surface area (Å²) in [4.78, 5) is 11.7. The molecule has 0 fully saturated rings. The molecule has 20 heavy (non-hydrogen) atoms. The summed E-state index contributed by atoms with van der Waals surface area (Å²) in [6.07, 6.45) is -1.37. The highest BCUT2D eigenvalue weighted by atomic mass is 19.4. The van der Waals surface area contributed by atoms with E-state index in [1.54, 1.807) is 13.2 Å². The van der Waals surface area contributed by atoms with Crippen LogP contribution in [0.4, 0.5) is 13.2 Å². The monoisotopic (exact) mass is 283 g/mol. The highest BCUT2D eigenvalue weighted by molar-refractivity contribution is 5.93. The number of aryl methyl sites for hydroxylation is 1. The van der Waals surface area contributed by atoms with E-state index in [4.69, 9.17) is 0 Å². The zero-order valence-corrected chi connectivity index (χ0v) is 10.6. The van der Waals surface area contributed by atoms with Crippen molar-refractivity contribution in [1.29, 1.82) is 0 Å². The first-order chi connectivity index (χ1) is 9.36. The van der Waals surface area contributed by atoms with E-state index in [1.807, 2.05) is 0 Å². The SMILES string of the molecule is Cn1cc(C(=O)NCc2ccc(C(F)(F)F)cc2)cn1. The maximum absolute atomic E-state index is 12.4. The van der Waals surface area contributed by atoms with E-state index in [2.05, 4.69) is 10.4 Å². The summed E-state index contributed by atoms with van der Waals surface area (Å²) in [7, 11) is 1.69. The molecule has 1 aromatic heterocycles. The van der Waals surface area contributed by atoms with E-state index in [-0.39, 0.29) is 12.5 Å². The van der Waals surface area contributed by atoms with Gasteiger partial charge in [-0.1, -0.05) is 12.1 Å². The summed E-state index contributed by atoms with van der Waals surface area (Å²) in [5.74, 6) is -0.321. The maximum atomic E-state index is 12.4. The van der Waals surface area contributed by atoms with E-state index in [1.165, 1.54) is 23.0 Å². The van der Waals surface area contributed by atoms with Crippen LogP contribution in [0.25, 0.3) is 0 Å². The number of halogens is 3. The van der Waals surface area contributed by atoms with Gasteiger partial charge in [0.15, 0.2) is 0 Å². The minimum Gasteiger partial charge on any atom is -0.348 e. The van der Waals surface area contributed by atoms with Crippen molar-refractivity contribution in [3.8, 4) is 0 Å². The van der Waals surface area contributed by atoms with Crippen LogP contribution in [-0.4, -0.2) is 15.7 Å². The molecule has 4 nitrogen and oxygen atoms in total. The van der Waals surface area contributed by atoms with Crippen LogP contribution >= 0.6 is 0 Å². The molecular weight excluding hydrogens is 271 g/mol. The number of hydrogen-bond acceptors (Lipinski definition) is 2. The van der Waals surface area contributed by atoms with Gasteiger partial charge in [0.25, 0.3) is 5.91 Å². The number of aromatic nitrogens is 2. The summed E-state index contributed by atoms with van der Waals surface area (Å²) in [5.41, 5.74) is 0.287. The molecule has 0 aliphatic rings. The molecular formula is C13H12F3N3O. The van der Waals surface area contributed by atoms with E-state index in [0.29, 0.717) is 11.1 Å². The number of carbonyl (C=O) groups excluding carboxylic acids is 1. The molecule has 1 aromatic carbocycles. The smallest absolute Gasteiger partial charge is 0.348 e. The van der Waals surface area contributed by atoms with Gasteiger partial charge in [-0.05, 0) is 17.7 Å². The number of rotatable bonds is 3. The minimum atomic E-state index is -4.35. The lowest BCUT2D eigenvalue weighted by Gasteiger charge is -2.08. The topological polar surface area (TPSA) is 46.9 Å². The summed E-state index contributed by atoms with van der Waals surface area (Å²) in [5, 5.41) is 6.48. The van der Waals surface area contributed by atoms with Crippen molar-refractivity contribution in [2.75, 3.05) is 0 Å². The first kappa shape index (κ1) is 14.1. The van der Waals surface area contributed by atoms with Crippen molar-refractivity contribution in [3.63, 3.8) is 0 Å². The molecule has 2 aromatic rings. The fourth-order valence-corrected chi connectivity index (χ4v) is 1.63. The first-order valence-corrected chi connectivity index (χ1v) is 5.79. The molecule has 0 unspecified atom stereocenters. The van der Waals surface area contributed by atoms with Crippen LogP contribution in [-0.2, 0) is 19.8 Å². The number of benzene rings is 1. The Bertz CT molecular complexity index is 602. The van der Waals surface area contributed by atoms with Gasteiger partial charge in [-0.3, -0.25) is 9.48 Å². The molecule has 0 saturated carbocycles. The molecule has 0 saturated heterocycles. The lowest BCUT2D eigenvalue weighted by atomic mass is 10.1. The summed E-state index contributed by atoms with van der Waals surface area (Å²) in [6, 6.07) is 4.66. The minimum absolute atomic E-state index is 0.159. The Balaban J connectivity index is 1.96. The average molecular weight is 283 g/mol. The second-order valence-corrected chi connectivity index (χ2v) is 4.28. The van der Waals surface area contributed by atoms with Crippen LogP contribution < -0.4 is 5.32 Å². The van der Waals surface area contributed by atoms with Gasteiger partial charge in [-0.25, -0.2) is 0 Å². The second kappa shape index (κ2) is 5.36. The molecule has 0 atom stereocenters. The molecule has 0 radical (unpaired) electrons. The number of carbonyl (C=O) groups is 1. The van der Waals surface area contributed by atoms with E-state index >= 15 is 0 Å². The van der Waals surface area contributed by atoms with Crippen LogP contribution in [0.15, 0.2) is 36.7 Å². The predicted molar refractivity (Wildman–Crippen MR) is 65.8 cm³/mol. The van der Waals surface area contributed by atoms with E-state index in [9.17, 15) is 18.0 Å². The Labute approximate surface area is 113 Å². The average Bonchev–Trinajstić information content (AvgIpc) is 2.82. The number of amides is 1. The summed E-state index contributed by atoms with van der Waals surface area (Å²) in [6.45, 7) is 0.159. The van der Waals surface area contributed by atoms with Crippen molar-refractivity contribution in [2.45, 2.75) is 12.7 Å². The standard InChI is InChI=1S/C13H12F3N3O/c1-19-8-10(7-18-19)12(20)17-6-9-2-4-11(5-3-9)13(14,15)16/h2-5,7-8H,6H2,1H3,(H,17,20). The highest BCUT2D eigenvalue weighted by Crippen LogP contribution is 2.29. The molecule has 0 aliphatic heterocycles. The van der Waals surface area contributed by atoms with Gasteiger partial charge in [0.1, 0.15) is 0 Å². The molecule has 106 valence electrons. The van der Waals surface area contributed by atoms with Crippen molar-refractivity contribution < 1.29 is 18.0 Å². The summed E-state index contributed by atoms with van der Waals surface area (Å²) < 4.78 is 38.6. The fraction of sp³-hybridized carbons (Fsp3) is 0.231. The van der Waals surface area contributed by atoms with Crippen LogP contribution in [0.5, 0.6) is 0 Å². The van der Waals surface area contributed by atoms with Crippen LogP contribution in [0.3, 0.4) is 0 Å². The number of nitrogens with zero attached hydrogens (tertiary/aromatic N) is 2. The van der Waals surface area contributed by atoms with Crippen molar-refractivity contribution >= 4 is 5.91 Å². The van der Waals surface area contributed by atoms with E-state index in [0.717, 1.165) is 12.1 Å². The van der Waals surface area contributed by atoms with Crippen LogP contribution in [0.2, 0.25) is 0 Å². The lowest BCUT2D eigenvalue weighted by Crippen LogP contribution is -2.22. The molecule has 0 bridgehead atoms. The second-order valence-electron chi connectivity index (χ2n) is 4.28. The third kappa shape index (κ3) is 3.37. The van der Waals surface area contributed by atoms with Crippen molar-refractivity contribution in [1.82, 2.24) is 15.1 Å². The van der Waals surface area contributed by atoms with Gasteiger partial charge < -0.3 is 5.32 Å². The number of hydrogen-bond donors (Lipinski definition) is 1. The zero-order chi connectivity index (χ0) is 14.8. The van der Waals surface area contributed by atoms with Crippen LogP contribution in [0.1, 0.15) is 21.5 Å². The van der Waals surface area contributed by atoms with Crippen LogP contribution in [0, 0.1) is 0 Å². The first-order valence-electron chi connectivity index (χ1n) is 5.79. The zero-order valence-electron chi connectivity index (χ0n) is 10.6. The van der Waals surface area contributed by atoms with Gasteiger partial charge in [0.2, 0.25) is 0 Å². The molecule has 7 heteroatoms. The van der Waals surface area contributed by atoms with Crippen molar-refractivity contribution in [2.24, 2.45) is 7.05 Å². The molecule has 1 amide bonds. The van der Waals surface area contributed by atoms with Gasteiger partial charge in [0, 0.05) is 19.8 Å². The van der Waals surface area contributed by atoms with Crippen molar-refractivity contribution in [3.05, 3.63) is 53.3 Å². The fourth-order valence-electron chi connectivity index (χ4n) is 1.63. The molecule has 0 spiro atoms.